The minimum atomic E-state index is -0.690. The fourth-order valence-corrected chi connectivity index (χ4v) is 4.23. The van der Waals surface area contributed by atoms with Gasteiger partial charge in [-0.15, -0.1) is 0 Å². The number of nitrogens with zero attached hydrogens (tertiary/aromatic N) is 3. The first kappa shape index (κ1) is 16.8. The van der Waals surface area contributed by atoms with Gasteiger partial charge in [0.25, 0.3) is 0 Å². The number of rotatable bonds is 3. The van der Waals surface area contributed by atoms with Gasteiger partial charge < -0.3 is 4.42 Å². The predicted molar refractivity (Wildman–Crippen MR) is 126 cm³/mol. The summed E-state index contributed by atoms with van der Waals surface area (Å²) in [5.74, 6) is 0.120. The number of furan rings is 1. The molecular formula is C27H21N3O. The van der Waals surface area contributed by atoms with Gasteiger partial charge in [-0.25, -0.2) is 4.98 Å². The van der Waals surface area contributed by atoms with Crippen molar-refractivity contribution in [3.8, 4) is 17.1 Å². The molecule has 0 aliphatic heterocycles. The highest BCUT2D eigenvalue weighted by molar-refractivity contribution is 6.09. The number of fused-ring (bicyclic) bond motifs is 4. The van der Waals surface area contributed by atoms with Crippen molar-refractivity contribution < 1.29 is 5.79 Å². The average Bonchev–Trinajstić information content (AvgIpc) is 3.37. The van der Waals surface area contributed by atoms with E-state index in [1.165, 1.54) is 0 Å². The van der Waals surface area contributed by atoms with E-state index in [1.54, 1.807) is 6.20 Å². The van der Waals surface area contributed by atoms with Crippen molar-refractivity contribution in [3.05, 3.63) is 90.8 Å². The molecule has 0 spiro atoms. The largest absolute Gasteiger partial charge is 0.455 e. The number of aromatic nitrogens is 3. The van der Waals surface area contributed by atoms with Crippen LogP contribution in [-0.4, -0.2) is 14.5 Å². The van der Waals surface area contributed by atoms with Crippen molar-refractivity contribution in [2.45, 2.75) is 19.7 Å². The summed E-state index contributed by atoms with van der Waals surface area (Å²) in [6.07, 6.45) is 3.61. The molecule has 0 aliphatic rings. The molecule has 0 radical (unpaired) electrons. The molecule has 3 aromatic carbocycles. The molecule has 0 unspecified atom stereocenters. The molecule has 6 rings (SSSR count). The second kappa shape index (κ2) is 6.81. The summed E-state index contributed by atoms with van der Waals surface area (Å²) in [5, 5.41) is 2.08. The Bertz CT molecular complexity index is 1610. The minimum absolute atomic E-state index is 0.690. The molecule has 4 nitrogen and oxygen atoms in total. The molecule has 31 heavy (non-hydrogen) atoms. The summed E-state index contributed by atoms with van der Waals surface area (Å²) in [5.41, 5.74) is 6.27. The number of hydrogen-bond donors (Lipinski definition) is 0. The van der Waals surface area contributed by atoms with Crippen LogP contribution in [0.2, 0.25) is 0 Å². The van der Waals surface area contributed by atoms with Gasteiger partial charge in [0.15, 0.2) is 0 Å². The Labute approximate surface area is 181 Å². The topological polar surface area (TPSA) is 43.9 Å². The first-order chi connectivity index (χ1) is 15.5. The van der Waals surface area contributed by atoms with Crippen molar-refractivity contribution in [2.24, 2.45) is 0 Å². The second-order valence-electron chi connectivity index (χ2n) is 7.97. The Morgan fingerprint density at radius 2 is 1.81 bits per heavy atom. The lowest BCUT2D eigenvalue weighted by Crippen LogP contribution is -1.97. The number of imidazole rings is 1. The summed E-state index contributed by atoms with van der Waals surface area (Å²) in [6.45, 7) is 3.77. The van der Waals surface area contributed by atoms with Crippen LogP contribution in [0.4, 0.5) is 0 Å². The lowest BCUT2D eigenvalue weighted by Gasteiger charge is -2.09. The molecule has 0 fully saturated rings. The van der Waals surface area contributed by atoms with Gasteiger partial charge in [-0.2, -0.15) is 0 Å². The number of pyridine rings is 1. The Balaban J connectivity index is 1.67. The maximum Gasteiger partial charge on any atom is 0.149 e. The Kier molecular flexibility index (Phi) is 3.70. The monoisotopic (exact) mass is 404 g/mol. The third-order valence-electron chi connectivity index (χ3n) is 5.79. The van der Waals surface area contributed by atoms with Crippen LogP contribution in [0.3, 0.4) is 0 Å². The summed E-state index contributed by atoms with van der Waals surface area (Å²) in [7, 11) is 0. The zero-order valence-corrected chi connectivity index (χ0v) is 17.3. The van der Waals surface area contributed by atoms with Crippen molar-refractivity contribution in [1.29, 1.82) is 0 Å². The first-order valence-electron chi connectivity index (χ1n) is 10.8. The van der Waals surface area contributed by atoms with Crippen LogP contribution < -0.4 is 0 Å². The van der Waals surface area contributed by atoms with E-state index < -0.39 is 5.89 Å². The van der Waals surface area contributed by atoms with Gasteiger partial charge in [-0.3, -0.25) is 9.55 Å². The van der Waals surface area contributed by atoms with E-state index in [0.29, 0.717) is 0 Å². The molecule has 150 valence electrons. The lowest BCUT2D eigenvalue weighted by atomic mass is 10.0. The van der Waals surface area contributed by atoms with E-state index in [4.69, 9.17) is 10.8 Å². The molecule has 0 amide bonds. The third-order valence-corrected chi connectivity index (χ3v) is 5.79. The molecular weight excluding hydrogens is 382 g/mol. The van der Waals surface area contributed by atoms with Crippen LogP contribution >= 0.6 is 0 Å². The SMILES string of the molecule is [2H]C(C)(C)c1ccc2c(c1)oc1c(-c3nc4ccncc4n3-c3ccccc3)cccc12. The van der Waals surface area contributed by atoms with Crippen LogP contribution in [-0.2, 0) is 0 Å². The van der Waals surface area contributed by atoms with Crippen LogP contribution in [0.1, 0.15) is 26.7 Å². The highest BCUT2D eigenvalue weighted by Crippen LogP contribution is 2.38. The quantitative estimate of drug-likeness (QED) is 0.316. The van der Waals surface area contributed by atoms with E-state index in [-0.39, 0.29) is 0 Å². The van der Waals surface area contributed by atoms with Gasteiger partial charge in [0.2, 0.25) is 0 Å². The molecule has 3 heterocycles. The molecule has 4 heteroatoms. The molecule has 0 N–H and O–H groups in total. The Morgan fingerprint density at radius 3 is 2.65 bits per heavy atom. The normalized spacial score (nSPS) is 12.6. The van der Waals surface area contributed by atoms with E-state index >= 15 is 0 Å². The minimum Gasteiger partial charge on any atom is -0.455 e. The highest BCUT2D eigenvalue weighted by atomic mass is 16.3. The van der Waals surface area contributed by atoms with Gasteiger partial charge >= 0.3 is 0 Å². The molecule has 0 aliphatic carbocycles. The van der Waals surface area contributed by atoms with Crippen molar-refractivity contribution in [2.75, 3.05) is 0 Å². The van der Waals surface area contributed by atoms with Crippen molar-refractivity contribution in [1.82, 2.24) is 14.5 Å². The van der Waals surface area contributed by atoms with E-state index in [1.807, 2.05) is 68.6 Å². The first-order valence-corrected chi connectivity index (χ1v) is 10.3. The summed E-state index contributed by atoms with van der Waals surface area (Å²) in [4.78, 5) is 9.30. The molecule has 6 aromatic rings. The molecule has 0 atom stereocenters. The van der Waals surface area contributed by atoms with Crippen LogP contribution in [0, 0.1) is 0 Å². The van der Waals surface area contributed by atoms with Crippen molar-refractivity contribution in [3.63, 3.8) is 0 Å². The standard InChI is InChI=1S/C27H21N3O/c1-17(2)18-11-12-20-21-9-6-10-22(26(21)31-25(20)15-18)27-29-23-13-14-28-16-24(23)30(27)19-7-4-3-5-8-19/h3-17H,1-2H3/i17D. The zero-order chi connectivity index (χ0) is 21.9. The van der Waals surface area contributed by atoms with Gasteiger partial charge in [-0.05, 0) is 41.8 Å². The molecule has 3 aromatic heterocycles. The smallest absolute Gasteiger partial charge is 0.149 e. The van der Waals surface area contributed by atoms with Gasteiger partial charge in [0.05, 0.1) is 22.8 Å². The fourth-order valence-electron chi connectivity index (χ4n) is 4.23. The van der Waals surface area contributed by atoms with Crippen LogP contribution in [0.15, 0.2) is 89.6 Å². The third kappa shape index (κ3) is 2.76. The molecule has 0 bridgehead atoms. The fraction of sp³-hybridized carbons (Fsp3) is 0.111. The van der Waals surface area contributed by atoms with Crippen LogP contribution in [0.5, 0.6) is 0 Å². The zero-order valence-electron chi connectivity index (χ0n) is 18.3. The lowest BCUT2D eigenvalue weighted by molar-refractivity contribution is 0.667. The van der Waals surface area contributed by atoms with Gasteiger partial charge in [0.1, 0.15) is 17.0 Å². The van der Waals surface area contributed by atoms with Gasteiger partial charge in [0, 0.05) is 24.0 Å². The van der Waals surface area contributed by atoms with E-state index in [2.05, 4.69) is 33.8 Å². The van der Waals surface area contributed by atoms with Crippen LogP contribution in [0.25, 0.3) is 50.0 Å². The molecule has 0 saturated heterocycles. The maximum absolute atomic E-state index is 8.38. The van der Waals surface area contributed by atoms with E-state index in [9.17, 15) is 0 Å². The summed E-state index contributed by atoms with van der Waals surface area (Å²) < 4.78 is 16.9. The number of hydrogen-bond acceptors (Lipinski definition) is 3. The second-order valence-corrected chi connectivity index (χ2v) is 7.97. The average molecular weight is 404 g/mol. The molecule has 0 saturated carbocycles. The predicted octanol–water partition coefficient (Wildman–Crippen LogP) is 7.11. The number of benzene rings is 3. The van der Waals surface area contributed by atoms with Gasteiger partial charge in [-0.1, -0.05) is 56.3 Å². The number of para-hydroxylation sites is 2. The Morgan fingerprint density at radius 1 is 0.935 bits per heavy atom. The Hall–Kier alpha value is -3.92. The maximum atomic E-state index is 8.38. The van der Waals surface area contributed by atoms with E-state index in [0.717, 1.165) is 55.6 Å². The summed E-state index contributed by atoms with van der Waals surface area (Å²) in [6, 6.07) is 24.3. The van der Waals surface area contributed by atoms with Crippen molar-refractivity contribution >= 4 is 33.0 Å². The highest BCUT2D eigenvalue weighted by Gasteiger charge is 2.19. The summed E-state index contributed by atoms with van der Waals surface area (Å²) >= 11 is 0.